The smallest absolute Gasteiger partial charge is 0.243 e. The number of para-hydroxylation sites is 1. The number of hydrogen-bond acceptors (Lipinski definition) is 12. The monoisotopic (exact) mass is 1100 g/mol. The third-order valence-corrected chi connectivity index (χ3v) is 13.8. The highest BCUT2D eigenvalue weighted by atomic mass is 16.2. The van der Waals surface area contributed by atoms with Gasteiger partial charge in [-0.05, 0) is 93.9 Å². The highest BCUT2D eigenvalue weighted by Gasteiger charge is 2.35. The van der Waals surface area contributed by atoms with Gasteiger partial charge in [-0.2, -0.15) is 0 Å². The first-order chi connectivity index (χ1) is 37.9. The molecule has 2 heterocycles. The van der Waals surface area contributed by atoms with Crippen LogP contribution in [0.5, 0.6) is 0 Å². The number of nitrogens with one attached hydrogen (secondary N) is 9. The summed E-state index contributed by atoms with van der Waals surface area (Å²) in [6.45, 7) is 0.0709. The van der Waals surface area contributed by atoms with Gasteiger partial charge in [0, 0.05) is 56.0 Å². The van der Waals surface area contributed by atoms with Gasteiger partial charge >= 0.3 is 0 Å². The molecule has 0 bridgehead atoms. The van der Waals surface area contributed by atoms with E-state index in [1.807, 2.05) is 24.3 Å². The van der Waals surface area contributed by atoms with Crippen LogP contribution in [-0.4, -0.2) is 139 Å². The van der Waals surface area contributed by atoms with Crippen LogP contribution in [0.3, 0.4) is 0 Å². The van der Waals surface area contributed by atoms with E-state index in [-0.39, 0.29) is 121 Å². The zero-order valence-electron chi connectivity index (χ0n) is 44.6. The van der Waals surface area contributed by atoms with E-state index in [1.165, 1.54) is 0 Å². The number of H-pyrrole nitrogens is 1. The number of nitrogens with two attached hydrogens (primary N) is 6. The molecular formula is C53H79N17O9. The number of primary amides is 1. The van der Waals surface area contributed by atoms with Crippen molar-refractivity contribution < 1.29 is 43.2 Å². The van der Waals surface area contributed by atoms with E-state index in [0.29, 0.717) is 11.1 Å². The number of rotatable bonds is 20. The van der Waals surface area contributed by atoms with Crippen molar-refractivity contribution in [3.8, 4) is 0 Å². The van der Waals surface area contributed by atoms with Crippen molar-refractivity contribution in [1.82, 2.24) is 47.5 Å². The minimum atomic E-state index is -1.62. The van der Waals surface area contributed by atoms with Crippen molar-refractivity contribution in [2.75, 3.05) is 26.2 Å². The van der Waals surface area contributed by atoms with Crippen molar-refractivity contribution in [2.24, 2.45) is 50.3 Å². The molecule has 26 nitrogen and oxygen atoms in total. The van der Waals surface area contributed by atoms with Crippen LogP contribution in [0.15, 0.2) is 70.8 Å². The predicted octanol–water partition coefficient (Wildman–Crippen LogP) is -2.44. The Morgan fingerprint density at radius 3 is 1.90 bits per heavy atom. The van der Waals surface area contributed by atoms with Crippen LogP contribution in [0.25, 0.3) is 10.9 Å². The molecule has 26 heteroatoms. The summed E-state index contributed by atoms with van der Waals surface area (Å²) in [5, 5.41) is 22.5. The minimum absolute atomic E-state index is 0.0248. The van der Waals surface area contributed by atoms with Gasteiger partial charge in [0.15, 0.2) is 11.9 Å². The Morgan fingerprint density at radius 2 is 1.23 bits per heavy atom. The summed E-state index contributed by atoms with van der Waals surface area (Å²) in [6.07, 6.45) is 5.59. The molecule has 79 heavy (non-hydrogen) atoms. The lowest BCUT2D eigenvalue weighted by atomic mass is 10.0. The Balaban J connectivity index is 1.50. The highest BCUT2D eigenvalue weighted by Crippen LogP contribution is 2.27. The van der Waals surface area contributed by atoms with E-state index in [9.17, 15) is 43.2 Å². The number of carbonyl (C=O) groups excluding carboxylic acids is 9. The first-order valence-electron chi connectivity index (χ1n) is 27.0. The topological polar surface area (TPSA) is 446 Å². The quantitative estimate of drug-likeness (QED) is 0.0318. The number of guanidine groups is 2. The van der Waals surface area contributed by atoms with E-state index < -0.39 is 96.0 Å². The molecule has 0 spiro atoms. The number of carbonyl (C=O) groups is 9. The van der Waals surface area contributed by atoms with Crippen molar-refractivity contribution in [2.45, 2.75) is 145 Å². The second kappa shape index (κ2) is 31.8. The Bertz CT molecular complexity index is 2610. The van der Waals surface area contributed by atoms with Gasteiger partial charge in [0.2, 0.25) is 53.2 Å². The number of aromatic nitrogens is 1. The van der Waals surface area contributed by atoms with Crippen LogP contribution < -0.4 is 76.9 Å². The summed E-state index contributed by atoms with van der Waals surface area (Å²) < 4.78 is 0. The molecule has 1 unspecified atom stereocenters. The molecule has 3 aromatic rings. The molecule has 1 saturated heterocycles. The van der Waals surface area contributed by atoms with Crippen molar-refractivity contribution in [1.29, 1.82) is 0 Å². The first kappa shape index (κ1) is 61.6. The Morgan fingerprint density at radius 1 is 0.646 bits per heavy atom. The van der Waals surface area contributed by atoms with Crippen LogP contribution in [-0.2, 0) is 56.0 Å². The summed E-state index contributed by atoms with van der Waals surface area (Å²) in [6, 6.07) is 6.44. The van der Waals surface area contributed by atoms with Gasteiger partial charge in [0.1, 0.15) is 42.3 Å². The number of aromatic amines is 1. The van der Waals surface area contributed by atoms with Crippen LogP contribution in [0.1, 0.15) is 101 Å². The molecule has 1 aliphatic heterocycles. The molecule has 2 fully saturated rings. The number of amides is 9. The highest BCUT2D eigenvalue weighted by molar-refractivity contribution is 5.99. The van der Waals surface area contributed by atoms with Gasteiger partial charge in [-0.25, -0.2) is 0 Å². The number of nitrogens with zero attached hydrogens (tertiary/aromatic N) is 2. The Labute approximate surface area is 458 Å². The second-order valence-electron chi connectivity index (χ2n) is 20.0. The average Bonchev–Trinajstić information content (AvgIpc) is 4.09. The van der Waals surface area contributed by atoms with Crippen molar-refractivity contribution in [3.05, 3.63) is 71.9 Å². The summed E-state index contributed by atoms with van der Waals surface area (Å²) in [5.41, 5.74) is 36.0. The summed E-state index contributed by atoms with van der Waals surface area (Å²) in [4.78, 5) is 138. The van der Waals surface area contributed by atoms with E-state index in [2.05, 4.69) is 57.5 Å². The van der Waals surface area contributed by atoms with E-state index >= 15 is 0 Å². The minimum Gasteiger partial charge on any atom is -0.370 e. The number of aliphatic imine (C=N–C) groups is 2. The fourth-order valence-electron chi connectivity index (χ4n) is 9.59. The Hall–Kier alpha value is -8.29. The third kappa shape index (κ3) is 20.9. The normalized spacial score (nSPS) is 21.9. The van der Waals surface area contributed by atoms with Crippen molar-refractivity contribution in [3.63, 3.8) is 0 Å². The Kier molecular flexibility index (Phi) is 24.8. The maximum Gasteiger partial charge on any atom is 0.243 e. The molecule has 1 saturated carbocycles. The van der Waals surface area contributed by atoms with Crippen LogP contribution >= 0.6 is 0 Å². The lowest BCUT2D eigenvalue weighted by molar-refractivity contribution is -0.136. The molecule has 5 rings (SSSR count). The lowest BCUT2D eigenvalue weighted by Gasteiger charge is -2.28. The predicted molar refractivity (Wildman–Crippen MR) is 296 cm³/mol. The van der Waals surface area contributed by atoms with Crippen molar-refractivity contribution >= 4 is 76.0 Å². The van der Waals surface area contributed by atoms with Gasteiger partial charge < -0.3 is 81.9 Å². The summed E-state index contributed by atoms with van der Waals surface area (Å²) >= 11 is 0. The van der Waals surface area contributed by atoms with Gasteiger partial charge in [-0.1, -0.05) is 61.4 Å². The maximum absolute atomic E-state index is 14.6. The van der Waals surface area contributed by atoms with Gasteiger partial charge in [0.05, 0.1) is 6.42 Å². The number of fused-ring (bicyclic) bond motifs is 1. The second-order valence-corrected chi connectivity index (χ2v) is 20.0. The van der Waals surface area contributed by atoms with Crippen LogP contribution in [0, 0.1) is 5.92 Å². The SMILES string of the molecule is NCC[C@@H]1NC(=O)[C@@H](NC(=O)[C@H](CCCN=C(N)N)NC(=O)CC2CCCC2)CC(=O)NCCCC[C@@H](C(N)=O)NC(=O)[C@H](Cc2c[nH]c3ccccc23)NC(=O)[C@H](CCCN=C(N)N)NC(=O)C(Cc2ccccc2)NC1=O. The van der Waals surface area contributed by atoms with Crippen LogP contribution in [0.2, 0.25) is 0 Å². The number of hydrogen-bond donors (Lipinski definition) is 15. The van der Waals surface area contributed by atoms with Gasteiger partial charge in [-0.3, -0.25) is 53.1 Å². The fourth-order valence-corrected chi connectivity index (χ4v) is 9.59. The van der Waals surface area contributed by atoms with Crippen LogP contribution in [0.4, 0.5) is 0 Å². The standard InChI is InChI=1S/C53H79N17O9/c54-22-21-39-48(76)68-40(26-31-12-2-1-3-13-31)49(77)66-38(20-11-25-62-53(58)59)47(75)69-41(28-33-30-63-35-17-7-6-16-34(33)35)50(78)65-36(45(55)73)18-8-9-23-60-43(71)29-42(51(79)67-39)70-46(74)37(19-10-24-61-52(56)57)64-44(72)27-32-14-4-5-15-32/h1-3,6-7,12-13,16-17,30,32,36-42,63H,4-5,8-11,14-15,18-29,54H2,(H2,55,73)(H,60,71)(H,64,72)(H,65,78)(H,66,77)(H,67,79)(H,68,76)(H,69,75)(H,70,74)(H4,56,57,61)(H4,58,59,62)/t36-,37-,38-,39-,40?,41-,42-/m0/s1. The maximum atomic E-state index is 14.6. The fraction of sp³-hybridized carbons (Fsp3) is 0.528. The zero-order chi connectivity index (χ0) is 57.3. The van der Waals surface area contributed by atoms with E-state index in [4.69, 9.17) is 34.4 Å². The third-order valence-electron chi connectivity index (χ3n) is 13.8. The lowest BCUT2D eigenvalue weighted by Crippen LogP contribution is -2.61. The molecule has 9 amide bonds. The average molecular weight is 1100 g/mol. The molecular weight excluding hydrogens is 1020 g/mol. The molecule has 21 N–H and O–H groups in total. The molecule has 1 aromatic heterocycles. The molecule has 2 aliphatic rings. The van der Waals surface area contributed by atoms with E-state index in [1.54, 1.807) is 36.5 Å². The first-order valence-corrected chi connectivity index (χ1v) is 27.0. The summed E-state index contributed by atoms with van der Waals surface area (Å²) in [5.74, 6) is -7.14. The molecule has 430 valence electrons. The molecule has 0 radical (unpaired) electrons. The largest absolute Gasteiger partial charge is 0.370 e. The van der Waals surface area contributed by atoms with Gasteiger partial charge in [-0.15, -0.1) is 0 Å². The van der Waals surface area contributed by atoms with E-state index in [0.717, 1.165) is 36.6 Å². The zero-order valence-corrected chi connectivity index (χ0v) is 44.6. The molecule has 7 atom stereocenters. The summed E-state index contributed by atoms with van der Waals surface area (Å²) in [7, 11) is 0. The van der Waals surface area contributed by atoms with Gasteiger partial charge in [0.25, 0.3) is 0 Å². The molecule has 1 aliphatic carbocycles. The molecule has 2 aromatic carbocycles. The number of benzene rings is 2.